The van der Waals surface area contributed by atoms with Crippen LogP contribution in [0.15, 0.2) is 101 Å². The standard InChI is InChI=1S/C28H31NS.C2H6.CH3.Pd/c1-7-13-23(8-2)20-30-25-16-12-15-24(18-25)19-27(28(9-3)29-10-4)26-17-11-14-21(5)22(26)6;1-2;;/h7-19H,1-2,20H2,3-6H3;1-2H3;1H3;/q;;-1;/b23-13+,27-19-,28-9-,29-10?;;;. The van der Waals surface area contributed by atoms with Gasteiger partial charge in [-0.25, -0.2) is 0 Å². The molecule has 0 bridgehead atoms. The average Bonchev–Trinajstić information content (AvgIpc) is 2.82. The number of hydrogen-bond donors (Lipinski definition) is 0. The fraction of sp³-hybridized carbons (Fsp3) is 0.226. The minimum Gasteiger partial charge on any atom is -0.358 e. The molecule has 2 aromatic carbocycles. The normalized spacial score (nSPS) is 11.6. The van der Waals surface area contributed by atoms with E-state index in [2.05, 4.69) is 86.6 Å². The van der Waals surface area contributed by atoms with Crippen molar-refractivity contribution in [1.29, 1.82) is 0 Å². The molecule has 0 aliphatic heterocycles. The Balaban J connectivity index is 0. The number of aryl methyl sites for hydroxylation is 1. The molecule has 3 heteroatoms. The second-order valence-electron chi connectivity index (χ2n) is 6.91. The monoisotopic (exact) mass is 564 g/mol. The van der Waals surface area contributed by atoms with Crippen LogP contribution in [0.2, 0.25) is 0 Å². The zero-order chi connectivity index (χ0) is 23.9. The number of thioether (sulfide) groups is 1. The van der Waals surface area contributed by atoms with Crippen molar-refractivity contribution >= 4 is 29.6 Å². The first-order chi connectivity index (χ1) is 15.5. The molecular weight excluding hydrogens is 525 g/mol. The molecule has 0 saturated heterocycles. The van der Waals surface area contributed by atoms with E-state index in [-0.39, 0.29) is 27.8 Å². The van der Waals surface area contributed by atoms with Gasteiger partial charge in [0, 0.05) is 42.9 Å². The van der Waals surface area contributed by atoms with Gasteiger partial charge < -0.3 is 7.43 Å². The van der Waals surface area contributed by atoms with E-state index < -0.39 is 0 Å². The van der Waals surface area contributed by atoms with Crippen molar-refractivity contribution < 1.29 is 20.4 Å². The van der Waals surface area contributed by atoms with Crippen molar-refractivity contribution in [3.05, 3.63) is 121 Å². The molecule has 186 valence electrons. The SMILES string of the molecule is C=C/C=C(\C=C)CSc1cccc(/C=C(\C(=C\C)N=CC)c2cccc(C)c2C)c1.CC.[CH3-].[Pd]. The van der Waals surface area contributed by atoms with E-state index >= 15 is 0 Å². The maximum Gasteiger partial charge on any atom is 0.0661 e. The number of benzene rings is 2. The molecule has 0 amide bonds. The molecule has 0 aromatic heterocycles. The summed E-state index contributed by atoms with van der Waals surface area (Å²) in [6, 6.07) is 15.1. The molecule has 0 saturated carbocycles. The molecular formula is C31H40NPdS-. The molecule has 1 nitrogen and oxygen atoms in total. The topological polar surface area (TPSA) is 12.4 Å². The third kappa shape index (κ3) is 10.4. The number of hydrogen-bond acceptors (Lipinski definition) is 2. The van der Waals surface area contributed by atoms with E-state index in [1.807, 2.05) is 46.1 Å². The van der Waals surface area contributed by atoms with Crippen molar-refractivity contribution in [2.45, 2.75) is 46.4 Å². The summed E-state index contributed by atoms with van der Waals surface area (Å²) >= 11 is 1.80. The molecule has 0 atom stereocenters. The average molecular weight is 565 g/mol. The van der Waals surface area contributed by atoms with E-state index in [4.69, 9.17) is 0 Å². The smallest absolute Gasteiger partial charge is 0.0661 e. The Bertz CT molecular complexity index is 1030. The number of allylic oxidation sites excluding steroid dienone is 5. The zero-order valence-electron chi connectivity index (χ0n) is 21.8. The van der Waals surface area contributed by atoms with Gasteiger partial charge in [-0.3, -0.25) is 4.99 Å². The molecule has 0 fully saturated rings. The maximum atomic E-state index is 4.63. The quantitative estimate of drug-likeness (QED) is 0.0737. The van der Waals surface area contributed by atoms with Crippen LogP contribution < -0.4 is 0 Å². The van der Waals surface area contributed by atoms with Gasteiger partial charge in [0.2, 0.25) is 0 Å². The summed E-state index contributed by atoms with van der Waals surface area (Å²) in [7, 11) is 0. The zero-order valence-corrected chi connectivity index (χ0v) is 24.2. The number of nitrogens with zero attached hydrogens (tertiary/aromatic N) is 1. The van der Waals surface area contributed by atoms with Crippen molar-refractivity contribution in [2.24, 2.45) is 4.99 Å². The minimum atomic E-state index is 0. The van der Waals surface area contributed by atoms with Gasteiger partial charge in [-0.1, -0.05) is 81.6 Å². The van der Waals surface area contributed by atoms with Crippen molar-refractivity contribution in [3.63, 3.8) is 0 Å². The van der Waals surface area contributed by atoms with E-state index in [1.165, 1.54) is 27.2 Å². The fourth-order valence-electron chi connectivity index (χ4n) is 3.13. The first-order valence-corrected chi connectivity index (χ1v) is 12.1. The van der Waals surface area contributed by atoms with Gasteiger partial charge in [0.1, 0.15) is 0 Å². The third-order valence-corrected chi connectivity index (χ3v) is 5.95. The van der Waals surface area contributed by atoms with Crippen LogP contribution in [0.5, 0.6) is 0 Å². The number of aliphatic imine (C=N–C) groups is 1. The fourth-order valence-corrected chi connectivity index (χ4v) is 4.07. The molecule has 0 N–H and O–H groups in total. The summed E-state index contributed by atoms with van der Waals surface area (Å²) in [4.78, 5) is 5.86. The summed E-state index contributed by atoms with van der Waals surface area (Å²) in [5.41, 5.74) is 8.23. The van der Waals surface area contributed by atoms with Crippen LogP contribution in [0.3, 0.4) is 0 Å². The molecule has 0 heterocycles. The Labute approximate surface area is 227 Å². The van der Waals surface area contributed by atoms with Crippen molar-refractivity contribution in [3.8, 4) is 0 Å². The van der Waals surface area contributed by atoms with Crippen LogP contribution >= 0.6 is 11.8 Å². The Morgan fingerprint density at radius 2 is 1.71 bits per heavy atom. The Kier molecular flexibility index (Phi) is 19.2. The van der Waals surface area contributed by atoms with Crippen LogP contribution in [0, 0.1) is 21.3 Å². The van der Waals surface area contributed by atoms with Crippen LogP contribution in [0.1, 0.15) is 49.9 Å². The largest absolute Gasteiger partial charge is 0.358 e. The summed E-state index contributed by atoms with van der Waals surface area (Å²) < 4.78 is 0. The molecule has 0 aliphatic carbocycles. The predicted molar refractivity (Wildman–Crippen MR) is 155 cm³/mol. The van der Waals surface area contributed by atoms with Gasteiger partial charge in [-0.05, 0) is 73.7 Å². The van der Waals surface area contributed by atoms with Crippen LogP contribution in [0.25, 0.3) is 11.6 Å². The molecule has 0 aliphatic rings. The summed E-state index contributed by atoms with van der Waals surface area (Å²) in [6.07, 6.45) is 11.9. The van der Waals surface area contributed by atoms with E-state index in [0.29, 0.717) is 0 Å². The van der Waals surface area contributed by atoms with Crippen LogP contribution in [-0.4, -0.2) is 12.0 Å². The van der Waals surface area contributed by atoms with Gasteiger partial charge in [0.05, 0.1) is 5.70 Å². The predicted octanol–water partition coefficient (Wildman–Crippen LogP) is 9.70. The van der Waals surface area contributed by atoms with E-state index in [0.717, 1.165) is 22.6 Å². The van der Waals surface area contributed by atoms with Gasteiger partial charge in [-0.15, -0.1) is 11.8 Å². The van der Waals surface area contributed by atoms with E-state index in [9.17, 15) is 0 Å². The Morgan fingerprint density at radius 3 is 2.29 bits per heavy atom. The van der Waals surface area contributed by atoms with Gasteiger partial charge in [-0.2, -0.15) is 0 Å². The van der Waals surface area contributed by atoms with Crippen molar-refractivity contribution in [1.82, 2.24) is 0 Å². The van der Waals surface area contributed by atoms with Gasteiger partial charge >= 0.3 is 0 Å². The Morgan fingerprint density at radius 1 is 1.03 bits per heavy atom. The number of rotatable bonds is 9. The van der Waals surface area contributed by atoms with Gasteiger partial charge in [0.15, 0.2) is 0 Å². The Hall–Kier alpha value is -2.18. The molecule has 2 aromatic rings. The maximum absolute atomic E-state index is 4.63. The van der Waals surface area contributed by atoms with Crippen molar-refractivity contribution in [2.75, 3.05) is 5.75 Å². The second kappa shape index (κ2) is 19.2. The molecule has 0 unspecified atom stereocenters. The molecule has 0 radical (unpaired) electrons. The van der Waals surface area contributed by atoms with E-state index in [1.54, 1.807) is 17.8 Å². The molecule has 0 spiro atoms. The molecule has 2 rings (SSSR count). The summed E-state index contributed by atoms with van der Waals surface area (Å²) in [5.74, 6) is 0.868. The summed E-state index contributed by atoms with van der Waals surface area (Å²) in [5, 5.41) is 0. The summed E-state index contributed by atoms with van der Waals surface area (Å²) in [6.45, 7) is 20.0. The van der Waals surface area contributed by atoms with Gasteiger partial charge in [0.25, 0.3) is 0 Å². The van der Waals surface area contributed by atoms with Crippen LogP contribution in [-0.2, 0) is 20.4 Å². The van der Waals surface area contributed by atoms with Crippen LogP contribution in [0.4, 0.5) is 0 Å². The third-order valence-electron chi connectivity index (χ3n) is 4.88. The second-order valence-corrected chi connectivity index (χ2v) is 7.96. The molecule has 34 heavy (non-hydrogen) atoms. The first-order valence-electron chi connectivity index (χ1n) is 11.1. The minimum absolute atomic E-state index is 0. The first kappa shape index (κ1) is 34.0.